The summed E-state index contributed by atoms with van der Waals surface area (Å²) in [6, 6.07) is 0. The molecule has 0 atom stereocenters. The largest absolute Gasteiger partial charge is 0.377 e. The van der Waals surface area contributed by atoms with Crippen LogP contribution in [0.25, 0.3) is 0 Å². The Hall–Kier alpha value is -2.38. The van der Waals surface area contributed by atoms with Gasteiger partial charge in [0.2, 0.25) is 0 Å². The van der Waals surface area contributed by atoms with Gasteiger partial charge in [-0.15, -0.1) is 5.10 Å². The van der Waals surface area contributed by atoms with E-state index in [1.165, 1.54) is 6.20 Å². The zero-order chi connectivity index (χ0) is 12.1. The zero-order valence-corrected chi connectivity index (χ0v) is 9.04. The summed E-state index contributed by atoms with van der Waals surface area (Å²) in [4.78, 5) is 14.0. The number of hydrogen-bond acceptors (Lipinski definition) is 5. The van der Waals surface area contributed by atoms with Crippen LogP contribution in [-0.2, 0) is 6.54 Å². The van der Waals surface area contributed by atoms with Gasteiger partial charge < -0.3 is 20.0 Å². The first-order chi connectivity index (χ1) is 8.27. The predicted octanol–water partition coefficient (Wildman–Crippen LogP) is 1.02. The second-order valence-electron chi connectivity index (χ2n) is 3.47. The standard InChI is InChI=1S/C9H12N6O2/c16-15(17)9-8(6-12-13-9)11-2-1-4-14-5-3-10-7-14/h3,5-7,11H,1-2,4H2,(H,12,13). The van der Waals surface area contributed by atoms with Gasteiger partial charge in [-0.05, 0) is 11.3 Å². The fraction of sp³-hybridized carbons (Fsp3) is 0.333. The van der Waals surface area contributed by atoms with Gasteiger partial charge in [0.1, 0.15) is 6.20 Å². The minimum Gasteiger partial charge on any atom is -0.377 e. The molecule has 0 saturated carbocycles. The summed E-state index contributed by atoms with van der Waals surface area (Å²) >= 11 is 0. The summed E-state index contributed by atoms with van der Waals surface area (Å²) in [6.45, 7) is 1.46. The zero-order valence-electron chi connectivity index (χ0n) is 9.04. The van der Waals surface area contributed by atoms with Crippen molar-refractivity contribution in [3.05, 3.63) is 35.0 Å². The molecular formula is C9H12N6O2. The lowest BCUT2D eigenvalue weighted by molar-refractivity contribution is -0.388. The molecule has 2 aromatic rings. The summed E-state index contributed by atoms with van der Waals surface area (Å²) in [5, 5.41) is 19.5. The van der Waals surface area contributed by atoms with Crippen LogP contribution in [0.5, 0.6) is 0 Å². The van der Waals surface area contributed by atoms with Gasteiger partial charge >= 0.3 is 5.82 Å². The van der Waals surface area contributed by atoms with E-state index in [9.17, 15) is 10.1 Å². The molecule has 2 N–H and O–H groups in total. The minimum absolute atomic E-state index is 0.104. The summed E-state index contributed by atoms with van der Waals surface area (Å²) in [5.41, 5.74) is 0.417. The van der Waals surface area contributed by atoms with E-state index in [-0.39, 0.29) is 5.82 Å². The molecular weight excluding hydrogens is 224 g/mol. The average Bonchev–Trinajstić information content (AvgIpc) is 2.95. The Kier molecular flexibility index (Phi) is 3.34. The molecule has 0 unspecified atom stereocenters. The molecule has 2 heterocycles. The van der Waals surface area contributed by atoms with Crippen LogP contribution in [0.1, 0.15) is 6.42 Å². The van der Waals surface area contributed by atoms with E-state index >= 15 is 0 Å². The molecule has 0 fully saturated rings. The Bertz CT molecular complexity index is 477. The van der Waals surface area contributed by atoms with Gasteiger partial charge in [-0.1, -0.05) is 5.10 Å². The second-order valence-corrected chi connectivity index (χ2v) is 3.47. The van der Waals surface area contributed by atoms with Gasteiger partial charge in [0.25, 0.3) is 0 Å². The first-order valence-corrected chi connectivity index (χ1v) is 5.15. The molecule has 2 aromatic heterocycles. The molecule has 0 aromatic carbocycles. The van der Waals surface area contributed by atoms with Crippen molar-refractivity contribution < 1.29 is 4.92 Å². The van der Waals surface area contributed by atoms with Crippen LogP contribution in [0, 0.1) is 10.1 Å². The van der Waals surface area contributed by atoms with E-state index in [0.717, 1.165) is 13.0 Å². The third kappa shape index (κ3) is 2.80. The monoisotopic (exact) mass is 236 g/mol. The number of imidazole rings is 1. The maximum Gasteiger partial charge on any atom is 0.366 e. The highest BCUT2D eigenvalue weighted by Crippen LogP contribution is 2.19. The third-order valence-electron chi connectivity index (χ3n) is 2.27. The number of anilines is 1. The summed E-state index contributed by atoms with van der Waals surface area (Å²) in [6.07, 6.45) is 7.59. The quantitative estimate of drug-likeness (QED) is 0.443. The fourth-order valence-electron chi connectivity index (χ4n) is 1.45. The third-order valence-corrected chi connectivity index (χ3v) is 2.27. The number of hydrogen-bond donors (Lipinski definition) is 2. The van der Waals surface area contributed by atoms with Gasteiger partial charge in [0, 0.05) is 25.5 Å². The molecule has 17 heavy (non-hydrogen) atoms. The van der Waals surface area contributed by atoms with Crippen molar-refractivity contribution in [1.29, 1.82) is 0 Å². The second kappa shape index (κ2) is 5.10. The number of rotatable bonds is 6. The van der Waals surface area contributed by atoms with E-state index in [1.807, 2.05) is 10.8 Å². The maximum atomic E-state index is 10.6. The van der Waals surface area contributed by atoms with Crippen LogP contribution in [0.3, 0.4) is 0 Å². The van der Waals surface area contributed by atoms with E-state index in [4.69, 9.17) is 0 Å². The molecule has 0 aliphatic rings. The van der Waals surface area contributed by atoms with Gasteiger partial charge in [0.15, 0.2) is 5.69 Å². The van der Waals surface area contributed by atoms with Crippen molar-refractivity contribution in [3.63, 3.8) is 0 Å². The van der Waals surface area contributed by atoms with Gasteiger partial charge in [-0.3, -0.25) is 0 Å². The van der Waals surface area contributed by atoms with Gasteiger partial charge in [-0.2, -0.15) is 0 Å². The topological polar surface area (TPSA) is 102 Å². The van der Waals surface area contributed by atoms with Crippen LogP contribution >= 0.6 is 0 Å². The highest BCUT2D eigenvalue weighted by Gasteiger charge is 2.13. The maximum absolute atomic E-state index is 10.6. The molecule has 8 nitrogen and oxygen atoms in total. The van der Waals surface area contributed by atoms with Crippen LogP contribution in [0.2, 0.25) is 0 Å². The highest BCUT2D eigenvalue weighted by molar-refractivity contribution is 5.55. The molecule has 0 aliphatic carbocycles. The van der Waals surface area contributed by atoms with Crippen LogP contribution in [0.4, 0.5) is 11.5 Å². The molecule has 0 radical (unpaired) electrons. The number of nitrogens with one attached hydrogen (secondary N) is 2. The SMILES string of the molecule is O=[N+]([O-])c1[nH]ncc1NCCCn1ccnc1. The molecule has 0 bridgehead atoms. The summed E-state index contributed by atoms with van der Waals surface area (Å²) in [7, 11) is 0. The van der Waals surface area contributed by atoms with Crippen LogP contribution < -0.4 is 5.32 Å². The number of aromatic amines is 1. The van der Waals surface area contributed by atoms with Crippen molar-refractivity contribution in [2.24, 2.45) is 0 Å². The number of nitro groups is 1. The molecule has 90 valence electrons. The molecule has 0 aliphatic heterocycles. The molecule has 0 saturated heterocycles. The van der Waals surface area contributed by atoms with E-state index in [1.54, 1.807) is 12.5 Å². The average molecular weight is 236 g/mol. The fourth-order valence-corrected chi connectivity index (χ4v) is 1.45. The smallest absolute Gasteiger partial charge is 0.366 e. The van der Waals surface area contributed by atoms with E-state index < -0.39 is 4.92 Å². The predicted molar refractivity (Wildman–Crippen MR) is 60.6 cm³/mol. The van der Waals surface area contributed by atoms with Crippen molar-refractivity contribution in [3.8, 4) is 0 Å². The summed E-state index contributed by atoms with van der Waals surface area (Å²) < 4.78 is 1.95. The Balaban J connectivity index is 1.78. The van der Waals surface area contributed by atoms with Gasteiger partial charge in [-0.25, -0.2) is 4.98 Å². The Morgan fingerprint density at radius 1 is 1.59 bits per heavy atom. The highest BCUT2D eigenvalue weighted by atomic mass is 16.6. The van der Waals surface area contributed by atoms with Gasteiger partial charge in [0.05, 0.1) is 6.33 Å². The normalized spacial score (nSPS) is 10.4. The lowest BCUT2D eigenvalue weighted by Crippen LogP contribution is -2.06. The first-order valence-electron chi connectivity index (χ1n) is 5.15. The van der Waals surface area contributed by atoms with Crippen molar-refractivity contribution in [1.82, 2.24) is 19.7 Å². The molecule has 2 rings (SSSR count). The number of aromatic nitrogens is 4. The van der Waals surface area contributed by atoms with Crippen molar-refractivity contribution in [2.75, 3.05) is 11.9 Å². The number of aryl methyl sites for hydroxylation is 1. The lowest BCUT2D eigenvalue weighted by atomic mass is 10.4. The molecule has 0 spiro atoms. The Morgan fingerprint density at radius 2 is 2.47 bits per heavy atom. The van der Waals surface area contributed by atoms with Crippen LogP contribution in [0.15, 0.2) is 24.9 Å². The number of H-pyrrole nitrogens is 1. The number of nitrogens with zero attached hydrogens (tertiary/aromatic N) is 4. The Labute approximate surface area is 96.8 Å². The van der Waals surface area contributed by atoms with Crippen LogP contribution in [-0.4, -0.2) is 31.2 Å². The van der Waals surface area contributed by atoms with E-state index in [0.29, 0.717) is 12.2 Å². The van der Waals surface area contributed by atoms with Crippen molar-refractivity contribution >= 4 is 11.5 Å². The molecule has 8 heteroatoms. The molecule has 0 amide bonds. The summed E-state index contributed by atoms with van der Waals surface area (Å²) in [5.74, 6) is -0.104. The first kappa shape index (κ1) is 11.1. The minimum atomic E-state index is -0.495. The lowest BCUT2D eigenvalue weighted by Gasteiger charge is -2.04. The van der Waals surface area contributed by atoms with E-state index in [2.05, 4.69) is 20.5 Å². The van der Waals surface area contributed by atoms with Crippen molar-refractivity contribution in [2.45, 2.75) is 13.0 Å². The Morgan fingerprint density at radius 3 is 3.18 bits per heavy atom.